The van der Waals surface area contributed by atoms with Gasteiger partial charge in [0.05, 0.1) is 0 Å². The molecule has 0 spiro atoms. The third-order valence-corrected chi connectivity index (χ3v) is 1.60. The zero-order chi connectivity index (χ0) is 13.1. The number of hydrogen-bond acceptors (Lipinski definition) is 2. The molecule has 0 saturated carbocycles. The summed E-state index contributed by atoms with van der Waals surface area (Å²) in [6, 6.07) is 0. The third kappa shape index (κ3) is 18.5. The van der Waals surface area contributed by atoms with Gasteiger partial charge in [-0.2, -0.15) is 0 Å². The van der Waals surface area contributed by atoms with Gasteiger partial charge in [0.15, 0.2) is 0 Å². The van der Waals surface area contributed by atoms with E-state index < -0.39 is 11.9 Å². The summed E-state index contributed by atoms with van der Waals surface area (Å²) >= 11 is 0. The first kappa shape index (κ1) is 17.1. The Morgan fingerprint density at radius 1 is 1.25 bits per heavy atom. The summed E-state index contributed by atoms with van der Waals surface area (Å²) < 4.78 is 0. The zero-order valence-corrected chi connectivity index (χ0v) is 10.5. The highest BCUT2D eigenvalue weighted by molar-refractivity contribution is 5.80. The average molecular weight is 230 g/mol. The van der Waals surface area contributed by atoms with Gasteiger partial charge in [0, 0.05) is 12.5 Å². The van der Waals surface area contributed by atoms with Gasteiger partial charge in [-0.25, -0.2) is 4.79 Å². The highest BCUT2D eigenvalue weighted by atomic mass is 16.4. The Morgan fingerprint density at radius 3 is 1.94 bits per heavy atom. The molecule has 0 bridgehead atoms. The smallest absolute Gasteiger partial charge is 0.328 e. The van der Waals surface area contributed by atoms with E-state index in [1.54, 1.807) is 0 Å². The van der Waals surface area contributed by atoms with E-state index in [2.05, 4.69) is 0 Å². The van der Waals surface area contributed by atoms with Crippen LogP contribution < -0.4 is 0 Å². The van der Waals surface area contributed by atoms with Gasteiger partial charge in [0.1, 0.15) is 0 Å². The highest BCUT2D eigenvalue weighted by Crippen LogP contribution is 2.01. The average Bonchev–Trinajstić information content (AvgIpc) is 2.00. The number of hydrogen-bond donors (Lipinski definition) is 2. The molecular formula is C12H22O4. The minimum absolute atomic E-state index is 0.275. The maximum Gasteiger partial charge on any atom is 0.328 e. The fourth-order valence-corrected chi connectivity index (χ4v) is 1.03. The summed E-state index contributed by atoms with van der Waals surface area (Å²) in [5, 5.41) is 16.3. The number of aliphatic carboxylic acids is 2. The van der Waals surface area contributed by atoms with Crippen molar-refractivity contribution in [2.45, 2.75) is 47.0 Å². The summed E-state index contributed by atoms with van der Waals surface area (Å²) in [5.41, 5.74) is 0.935. The highest BCUT2D eigenvalue weighted by Gasteiger charge is 1.98. The second-order valence-electron chi connectivity index (χ2n) is 4.07. The number of allylic oxidation sites excluding steroid dienone is 1. The number of rotatable bonds is 5. The molecule has 0 radical (unpaired) electrons. The molecule has 0 unspecified atom stereocenters. The molecule has 0 aromatic carbocycles. The number of carboxylic acid groups (broad SMARTS) is 2. The van der Waals surface area contributed by atoms with Crippen molar-refractivity contribution in [3.8, 4) is 0 Å². The molecule has 0 saturated heterocycles. The zero-order valence-electron chi connectivity index (χ0n) is 10.5. The van der Waals surface area contributed by atoms with Crippen LogP contribution in [0.4, 0.5) is 0 Å². The maximum atomic E-state index is 10.0. The number of carbonyl (C=O) groups is 2. The summed E-state index contributed by atoms with van der Waals surface area (Å²) in [6.45, 7) is 7.62. The molecule has 4 nitrogen and oxygen atoms in total. The lowest BCUT2D eigenvalue weighted by molar-refractivity contribution is -0.137. The van der Waals surface area contributed by atoms with Gasteiger partial charge in [-0.3, -0.25) is 4.79 Å². The van der Waals surface area contributed by atoms with Gasteiger partial charge < -0.3 is 10.2 Å². The minimum Gasteiger partial charge on any atom is -0.481 e. The van der Waals surface area contributed by atoms with E-state index >= 15 is 0 Å². The van der Waals surface area contributed by atoms with Crippen LogP contribution in [-0.4, -0.2) is 22.2 Å². The van der Waals surface area contributed by atoms with Crippen molar-refractivity contribution in [3.63, 3.8) is 0 Å². The quantitative estimate of drug-likeness (QED) is 0.712. The first-order chi connectivity index (χ1) is 7.29. The Hall–Kier alpha value is -1.32. The first-order valence-corrected chi connectivity index (χ1v) is 5.41. The van der Waals surface area contributed by atoms with Gasteiger partial charge in [-0.05, 0) is 19.3 Å². The molecule has 0 amide bonds. The van der Waals surface area contributed by atoms with Crippen molar-refractivity contribution in [3.05, 3.63) is 11.6 Å². The van der Waals surface area contributed by atoms with Crippen LogP contribution in [0.25, 0.3) is 0 Å². The van der Waals surface area contributed by atoms with E-state index in [9.17, 15) is 9.59 Å². The van der Waals surface area contributed by atoms with Gasteiger partial charge in [0.25, 0.3) is 0 Å². The fourth-order valence-electron chi connectivity index (χ4n) is 1.03. The maximum absolute atomic E-state index is 10.0. The number of carboxylic acids is 2. The van der Waals surface area contributed by atoms with Crippen molar-refractivity contribution in [1.29, 1.82) is 0 Å². The second-order valence-corrected chi connectivity index (χ2v) is 4.07. The van der Waals surface area contributed by atoms with Crippen LogP contribution in [0.2, 0.25) is 0 Å². The molecule has 0 aromatic heterocycles. The van der Waals surface area contributed by atoms with E-state index in [4.69, 9.17) is 10.2 Å². The van der Waals surface area contributed by atoms with Crippen LogP contribution in [0.15, 0.2) is 11.6 Å². The van der Waals surface area contributed by atoms with E-state index in [0.717, 1.165) is 18.4 Å². The predicted octanol–water partition coefficient (Wildman–Crippen LogP) is 2.93. The van der Waals surface area contributed by atoms with Crippen LogP contribution in [0, 0.1) is 5.92 Å². The van der Waals surface area contributed by atoms with Crippen LogP contribution in [-0.2, 0) is 9.59 Å². The molecule has 2 N–H and O–H groups in total. The summed E-state index contributed by atoms with van der Waals surface area (Å²) in [5.74, 6) is -1.28. The SMILES string of the molecule is CC(C)CC(=O)O.CCC/C(C)=C/C(=O)O. The molecule has 0 aliphatic rings. The largest absolute Gasteiger partial charge is 0.481 e. The van der Waals surface area contributed by atoms with Crippen LogP contribution >= 0.6 is 0 Å². The molecule has 16 heavy (non-hydrogen) atoms. The fraction of sp³-hybridized carbons (Fsp3) is 0.667. The van der Waals surface area contributed by atoms with E-state index in [1.807, 2.05) is 27.7 Å². The van der Waals surface area contributed by atoms with Gasteiger partial charge in [-0.15, -0.1) is 0 Å². The second kappa shape index (κ2) is 10.2. The summed E-state index contributed by atoms with van der Waals surface area (Å²) in [7, 11) is 0. The van der Waals surface area contributed by atoms with E-state index in [1.165, 1.54) is 6.08 Å². The van der Waals surface area contributed by atoms with Crippen molar-refractivity contribution >= 4 is 11.9 Å². The topological polar surface area (TPSA) is 74.6 Å². The molecule has 0 aliphatic heterocycles. The standard InChI is InChI=1S/C7H12O2.C5H10O2/c1-3-4-6(2)5-7(8)9;1-4(2)3-5(6)7/h5H,3-4H2,1-2H3,(H,8,9);4H,3H2,1-2H3,(H,6,7)/b6-5+;. The Balaban J connectivity index is 0. The first-order valence-electron chi connectivity index (χ1n) is 5.41. The van der Waals surface area contributed by atoms with Crippen LogP contribution in [0.5, 0.6) is 0 Å². The van der Waals surface area contributed by atoms with Crippen LogP contribution in [0.3, 0.4) is 0 Å². The molecule has 0 rings (SSSR count). The normalized spacial score (nSPS) is 10.7. The molecule has 0 fully saturated rings. The van der Waals surface area contributed by atoms with Crippen molar-refractivity contribution in [2.24, 2.45) is 5.92 Å². The van der Waals surface area contributed by atoms with Gasteiger partial charge in [-0.1, -0.05) is 32.8 Å². The molecule has 0 aromatic rings. The lowest BCUT2D eigenvalue weighted by atomic mass is 10.1. The lowest BCUT2D eigenvalue weighted by Crippen LogP contribution is -1.99. The van der Waals surface area contributed by atoms with Crippen molar-refractivity contribution < 1.29 is 19.8 Å². The van der Waals surface area contributed by atoms with Crippen LogP contribution in [0.1, 0.15) is 47.0 Å². The Kier molecular flexibility index (Phi) is 10.9. The van der Waals surface area contributed by atoms with Crippen molar-refractivity contribution in [2.75, 3.05) is 0 Å². The summed E-state index contributed by atoms with van der Waals surface area (Å²) in [4.78, 5) is 19.8. The molecule has 94 valence electrons. The van der Waals surface area contributed by atoms with E-state index in [0.29, 0.717) is 0 Å². The predicted molar refractivity (Wildman–Crippen MR) is 63.4 cm³/mol. The van der Waals surface area contributed by atoms with Gasteiger partial charge in [0.2, 0.25) is 0 Å². The molecule has 0 atom stereocenters. The Labute approximate surface area is 97.0 Å². The molecule has 0 aliphatic carbocycles. The molecular weight excluding hydrogens is 208 g/mol. The Bertz CT molecular complexity index is 241. The minimum atomic E-state index is -0.846. The van der Waals surface area contributed by atoms with E-state index in [-0.39, 0.29) is 12.3 Å². The Morgan fingerprint density at radius 2 is 1.75 bits per heavy atom. The van der Waals surface area contributed by atoms with Gasteiger partial charge >= 0.3 is 11.9 Å². The van der Waals surface area contributed by atoms with Crippen molar-refractivity contribution in [1.82, 2.24) is 0 Å². The monoisotopic (exact) mass is 230 g/mol. The summed E-state index contributed by atoms with van der Waals surface area (Å²) in [6.07, 6.45) is 3.42. The molecule has 4 heteroatoms. The third-order valence-electron chi connectivity index (χ3n) is 1.60. The molecule has 0 heterocycles. The lowest BCUT2D eigenvalue weighted by Gasteiger charge is -1.94.